The molecule has 0 saturated heterocycles. The van der Waals surface area contributed by atoms with E-state index in [1.165, 1.54) is 24.9 Å². The van der Waals surface area contributed by atoms with Crippen molar-refractivity contribution in [2.75, 3.05) is 16.6 Å². The van der Waals surface area contributed by atoms with E-state index in [4.69, 9.17) is 0 Å². The molecule has 2 heterocycles. The Morgan fingerprint density at radius 2 is 2.17 bits per heavy atom. The Balaban J connectivity index is 2.15. The van der Waals surface area contributed by atoms with E-state index in [0.717, 1.165) is 21.3 Å². The number of anilines is 1. The molecule has 0 atom stereocenters. The first-order chi connectivity index (χ1) is 11.3. The summed E-state index contributed by atoms with van der Waals surface area (Å²) in [6.45, 7) is 1.41. The zero-order valence-electron chi connectivity index (χ0n) is 12.5. The Kier molecular flexibility index (Phi) is 4.18. The summed E-state index contributed by atoms with van der Waals surface area (Å²) in [6.07, 6.45) is 2.97. The maximum absolute atomic E-state index is 14.0. The average molecular weight is 369 g/mol. The predicted molar refractivity (Wildman–Crippen MR) is 87.3 cm³/mol. The lowest BCUT2D eigenvalue weighted by molar-refractivity contribution is -0.385. The van der Waals surface area contributed by atoms with E-state index < -0.39 is 31.3 Å². The van der Waals surface area contributed by atoms with Crippen molar-refractivity contribution < 1.29 is 17.7 Å². The van der Waals surface area contributed by atoms with Crippen molar-refractivity contribution in [3.63, 3.8) is 0 Å². The highest BCUT2D eigenvalue weighted by atomic mass is 32.2. The van der Waals surface area contributed by atoms with Gasteiger partial charge in [0.2, 0.25) is 0 Å². The van der Waals surface area contributed by atoms with Gasteiger partial charge in [-0.1, -0.05) is 0 Å². The van der Waals surface area contributed by atoms with Crippen LogP contribution in [0.3, 0.4) is 0 Å². The lowest BCUT2D eigenvalue weighted by Crippen LogP contribution is -2.35. The molecular weight excluding hydrogens is 357 g/mol. The number of halogens is 1. The summed E-state index contributed by atoms with van der Waals surface area (Å²) in [4.78, 5) is 14.5. The van der Waals surface area contributed by atoms with Gasteiger partial charge in [0.1, 0.15) is 5.82 Å². The lowest BCUT2D eigenvalue weighted by Gasteiger charge is -2.29. The summed E-state index contributed by atoms with van der Waals surface area (Å²) in [5.74, 6) is -0.410. The van der Waals surface area contributed by atoms with Crippen LogP contribution in [0.1, 0.15) is 5.56 Å². The van der Waals surface area contributed by atoms with Gasteiger partial charge in [-0.2, -0.15) is 0 Å². The number of aromatic nitrogens is 1. The molecule has 126 valence electrons. The maximum atomic E-state index is 14.0. The monoisotopic (exact) mass is 369 g/mol. The van der Waals surface area contributed by atoms with E-state index >= 15 is 0 Å². The SMILES string of the molecule is Cc1c(F)cc(S(=O)(=O)N2CCSc3ccncc32)cc1[N+](=O)[O-]. The number of hydrogen-bond donors (Lipinski definition) is 0. The highest BCUT2D eigenvalue weighted by Crippen LogP contribution is 2.37. The molecule has 0 amide bonds. The minimum absolute atomic E-state index is 0.176. The van der Waals surface area contributed by atoms with Gasteiger partial charge >= 0.3 is 0 Å². The number of rotatable bonds is 3. The highest BCUT2D eigenvalue weighted by molar-refractivity contribution is 8.00. The minimum Gasteiger partial charge on any atom is -0.263 e. The van der Waals surface area contributed by atoms with Crippen molar-refractivity contribution in [2.24, 2.45) is 0 Å². The van der Waals surface area contributed by atoms with E-state index in [1.54, 1.807) is 12.3 Å². The molecule has 0 bridgehead atoms. The van der Waals surface area contributed by atoms with Gasteiger partial charge in [-0.05, 0) is 19.1 Å². The fourth-order valence-electron chi connectivity index (χ4n) is 2.40. The number of fused-ring (bicyclic) bond motifs is 1. The van der Waals surface area contributed by atoms with Crippen LogP contribution < -0.4 is 4.31 Å². The topological polar surface area (TPSA) is 93.4 Å². The number of hydrogen-bond acceptors (Lipinski definition) is 6. The van der Waals surface area contributed by atoms with Gasteiger partial charge in [-0.25, -0.2) is 12.8 Å². The van der Waals surface area contributed by atoms with Gasteiger partial charge in [-0.3, -0.25) is 19.4 Å². The molecule has 2 aromatic rings. The van der Waals surface area contributed by atoms with Crippen molar-refractivity contribution in [1.29, 1.82) is 0 Å². The molecule has 1 aliphatic heterocycles. The van der Waals surface area contributed by atoms with Crippen LogP contribution in [-0.2, 0) is 10.0 Å². The van der Waals surface area contributed by atoms with Crippen LogP contribution in [0.25, 0.3) is 0 Å². The van der Waals surface area contributed by atoms with E-state index in [2.05, 4.69) is 4.98 Å². The van der Waals surface area contributed by atoms with Gasteiger partial charge in [0.15, 0.2) is 0 Å². The van der Waals surface area contributed by atoms with Gasteiger partial charge in [0, 0.05) is 29.5 Å². The normalized spacial score (nSPS) is 14.3. The molecule has 0 fully saturated rings. The van der Waals surface area contributed by atoms with Gasteiger partial charge in [0.25, 0.3) is 15.7 Å². The summed E-state index contributed by atoms with van der Waals surface area (Å²) in [6, 6.07) is 3.40. The van der Waals surface area contributed by atoms with Gasteiger partial charge in [-0.15, -0.1) is 11.8 Å². The molecule has 24 heavy (non-hydrogen) atoms. The van der Waals surface area contributed by atoms with Crippen LogP contribution in [0.15, 0.2) is 40.4 Å². The standard InChI is InChI=1S/C14H12FN3O4S2/c1-9-11(15)6-10(7-12(9)18(19)20)24(21,22)17-4-5-23-14-2-3-16-8-13(14)17/h2-3,6-8H,4-5H2,1H3. The molecule has 3 rings (SSSR count). The lowest BCUT2D eigenvalue weighted by atomic mass is 10.2. The molecule has 1 aliphatic rings. The van der Waals surface area contributed by atoms with Crippen LogP contribution in [-0.4, -0.2) is 30.6 Å². The van der Waals surface area contributed by atoms with Crippen molar-refractivity contribution in [3.8, 4) is 0 Å². The van der Waals surface area contributed by atoms with E-state index in [0.29, 0.717) is 11.4 Å². The maximum Gasteiger partial charge on any atom is 0.276 e. The number of nitro benzene ring substituents is 1. The van der Waals surface area contributed by atoms with E-state index in [9.17, 15) is 22.9 Å². The van der Waals surface area contributed by atoms with E-state index in [-0.39, 0.29) is 12.1 Å². The summed E-state index contributed by atoms with van der Waals surface area (Å²) in [5.41, 5.74) is -0.376. The average Bonchev–Trinajstić information content (AvgIpc) is 2.56. The van der Waals surface area contributed by atoms with Crippen LogP contribution in [0.4, 0.5) is 15.8 Å². The molecule has 0 aliphatic carbocycles. The third-order valence-corrected chi connectivity index (χ3v) is 6.49. The summed E-state index contributed by atoms with van der Waals surface area (Å²) in [5, 5.41) is 11.0. The summed E-state index contributed by atoms with van der Waals surface area (Å²) >= 11 is 1.49. The Bertz CT molecular complexity index is 934. The Morgan fingerprint density at radius 3 is 2.88 bits per heavy atom. The molecular formula is C14H12FN3O4S2. The van der Waals surface area contributed by atoms with Crippen molar-refractivity contribution in [1.82, 2.24) is 4.98 Å². The second-order valence-corrected chi connectivity index (χ2v) is 8.07. The van der Waals surface area contributed by atoms with Crippen LogP contribution in [0.5, 0.6) is 0 Å². The molecule has 0 N–H and O–H groups in total. The van der Waals surface area contributed by atoms with Crippen molar-refractivity contribution in [3.05, 3.63) is 52.1 Å². The molecule has 1 aromatic carbocycles. The molecule has 1 aromatic heterocycles. The summed E-state index contributed by atoms with van der Waals surface area (Å²) < 4.78 is 40.9. The summed E-state index contributed by atoms with van der Waals surface area (Å²) in [7, 11) is -4.14. The number of pyridine rings is 1. The first kappa shape index (κ1) is 16.7. The van der Waals surface area contributed by atoms with Crippen molar-refractivity contribution >= 4 is 33.2 Å². The van der Waals surface area contributed by atoms with E-state index in [1.807, 2.05) is 0 Å². The number of thioether (sulfide) groups is 1. The number of benzene rings is 1. The van der Waals surface area contributed by atoms with Crippen LogP contribution in [0.2, 0.25) is 0 Å². The van der Waals surface area contributed by atoms with Crippen LogP contribution >= 0.6 is 11.8 Å². The first-order valence-corrected chi connectivity index (χ1v) is 9.29. The fraction of sp³-hybridized carbons (Fsp3) is 0.214. The van der Waals surface area contributed by atoms with Crippen molar-refractivity contribution in [2.45, 2.75) is 16.7 Å². The Morgan fingerprint density at radius 1 is 1.42 bits per heavy atom. The second-order valence-electron chi connectivity index (χ2n) is 5.08. The predicted octanol–water partition coefficient (Wildman–Crippen LogP) is 2.74. The number of sulfonamides is 1. The minimum atomic E-state index is -4.14. The Hall–Kier alpha value is -2.20. The third kappa shape index (κ3) is 2.71. The quantitative estimate of drug-likeness (QED) is 0.610. The number of nitro groups is 1. The third-order valence-electron chi connectivity index (χ3n) is 3.66. The second kappa shape index (κ2) is 6.02. The number of nitrogens with zero attached hydrogens (tertiary/aromatic N) is 3. The van der Waals surface area contributed by atoms with Crippen LogP contribution in [0, 0.1) is 22.9 Å². The molecule has 10 heteroatoms. The highest BCUT2D eigenvalue weighted by Gasteiger charge is 2.32. The molecule has 0 saturated carbocycles. The van der Waals surface area contributed by atoms with Gasteiger partial charge < -0.3 is 0 Å². The molecule has 0 unspecified atom stereocenters. The smallest absolute Gasteiger partial charge is 0.263 e. The zero-order valence-corrected chi connectivity index (χ0v) is 14.1. The Labute approximate surface area is 141 Å². The molecule has 0 spiro atoms. The fourth-order valence-corrected chi connectivity index (χ4v) is 5.04. The molecule has 0 radical (unpaired) electrons. The zero-order chi connectivity index (χ0) is 17.5. The van der Waals surface area contributed by atoms with Gasteiger partial charge in [0.05, 0.1) is 27.3 Å². The largest absolute Gasteiger partial charge is 0.276 e. The molecule has 7 nitrogen and oxygen atoms in total. The first-order valence-electron chi connectivity index (χ1n) is 6.86.